The number of carbonyl (C=O) groups is 2. The fraction of sp³-hybridized carbons (Fsp3) is 0.257. The molecule has 0 saturated heterocycles. The van der Waals surface area contributed by atoms with Crippen LogP contribution in [-0.4, -0.2) is 50.9 Å². The molecule has 1 N–H and O–H groups in total. The van der Waals surface area contributed by atoms with Crippen LogP contribution in [0.5, 0.6) is 5.75 Å². The minimum absolute atomic E-state index is 0.0136. The first-order chi connectivity index (χ1) is 21.1. The maximum atomic E-state index is 14.4. The summed E-state index contributed by atoms with van der Waals surface area (Å²) in [4.78, 5) is 29.6. The third-order valence-corrected chi connectivity index (χ3v) is 8.93. The van der Waals surface area contributed by atoms with Crippen LogP contribution in [0.15, 0.2) is 114 Å². The number of methoxy groups -OCH3 is 1. The van der Waals surface area contributed by atoms with Gasteiger partial charge >= 0.3 is 0 Å². The van der Waals surface area contributed by atoms with Gasteiger partial charge in [0.15, 0.2) is 0 Å². The first kappa shape index (κ1) is 32.3. The number of amides is 2. The number of rotatable bonds is 13. The Morgan fingerprint density at radius 2 is 1.36 bits per heavy atom. The molecule has 0 aromatic heterocycles. The highest BCUT2D eigenvalue weighted by molar-refractivity contribution is 7.92. The normalized spacial score (nSPS) is 11.9. The Morgan fingerprint density at radius 1 is 0.795 bits per heavy atom. The lowest BCUT2D eigenvalue weighted by atomic mass is 10.0. The fourth-order valence-electron chi connectivity index (χ4n) is 4.83. The predicted molar refractivity (Wildman–Crippen MR) is 173 cm³/mol. The summed E-state index contributed by atoms with van der Waals surface area (Å²) >= 11 is 0. The second-order valence-electron chi connectivity index (χ2n) is 10.9. The summed E-state index contributed by atoms with van der Waals surface area (Å²) < 4.78 is 34.5. The average molecular weight is 614 g/mol. The van der Waals surface area contributed by atoms with Crippen LogP contribution in [0.4, 0.5) is 5.69 Å². The maximum Gasteiger partial charge on any atom is 0.264 e. The predicted octanol–water partition coefficient (Wildman–Crippen LogP) is 5.36. The Hall–Kier alpha value is -4.63. The van der Waals surface area contributed by atoms with Crippen molar-refractivity contribution in [2.24, 2.45) is 0 Å². The molecular weight excluding hydrogens is 574 g/mol. The third kappa shape index (κ3) is 8.26. The van der Waals surface area contributed by atoms with Crippen LogP contribution in [-0.2, 0) is 32.6 Å². The summed E-state index contributed by atoms with van der Waals surface area (Å²) in [6.45, 7) is 5.24. The van der Waals surface area contributed by atoms with E-state index in [9.17, 15) is 18.0 Å². The molecule has 8 nitrogen and oxygen atoms in total. The zero-order valence-corrected chi connectivity index (χ0v) is 26.3. The molecule has 0 unspecified atom stereocenters. The lowest BCUT2D eigenvalue weighted by Gasteiger charge is -2.34. The standard InChI is InChI=1S/C35H39N3O5S/c1-26(2)36-35(40)33(23-28-11-7-5-8-12-28)37(24-29-13-9-6-10-14-29)34(39)25-38(30-17-15-27(3)16-18-30)44(41,42)32-21-19-31(43-4)20-22-32/h5-22,26,33H,23-25H2,1-4H3,(H,36,40)/t33-/m0/s1. The van der Waals surface area contributed by atoms with Crippen molar-refractivity contribution in [3.8, 4) is 5.75 Å². The summed E-state index contributed by atoms with van der Waals surface area (Å²) in [5.41, 5.74) is 2.98. The van der Waals surface area contributed by atoms with Crippen LogP contribution in [0.1, 0.15) is 30.5 Å². The number of hydrogen-bond donors (Lipinski definition) is 1. The summed E-state index contributed by atoms with van der Waals surface area (Å²) in [5.74, 6) is -0.310. The van der Waals surface area contributed by atoms with E-state index < -0.39 is 28.5 Å². The SMILES string of the molecule is COc1ccc(S(=O)(=O)N(CC(=O)N(Cc2ccccc2)[C@@H](Cc2ccccc2)C(=O)NC(C)C)c2ccc(C)cc2)cc1. The third-order valence-electron chi connectivity index (χ3n) is 7.15. The van der Waals surface area contributed by atoms with Gasteiger partial charge in [-0.15, -0.1) is 0 Å². The topological polar surface area (TPSA) is 96.0 Å². The Morgan fingerprint density at radius 3 is 1.91 bits per heavy atom. The van der Waals surface area contributed by atoms with Crippen molar-refractivity contribution in [2.75, 3.05) is 18.0 Å². The Balaban J connectivity index is 1.78. The van der Waals surface area contributed by atoms with E-state index in [-0.39, 0.29) is 29.8 Å². The van der Waals surface area contributed by atoms with Gasteiger partial charge in [-0.1, -0.05) is 78.4 Å². The van der Waals surface area contributed by atoms with Gasteiger partial charge in [-0.25, -0.2) is 8.42 Å². The van der Waals surface area contributed by atoms with Gasteiger partial charge in [0.05, 0.1) is 17.7 Å². The molecule has 0 heterocycles. The molecule has 1 atom stereocenters. The summed E-state index contributed by atoms with van der Waals surface area (Å²) in [5, 5.41) is 2.97. The van der Waals surface area contributed by atoms with Crippen molar-refractivity contribution in [2.45, 2.75) is 50.7 Å². The molecule has 4 rings (SSSR count). The zero-order chi connectivity index (χ0) is 31.7. The number of sulfonamides is 1. The van der Waals surface area contributed by atoms with E-state index in [4.69, 9.17) is 4.74 Å². The van der Waals surface area contributed by atoms with Gasteiger partial charge in [0.25, 0.3) is 10.0 Å². The highest BCUT2D eigenvalue weighted by atomic mass is 32.2. The Labute approximate surface area is 260 Å². The van der Waals surface area contributed by atoms with Gasteiger partial charge < -0.3 is 15.0 Å². The number of nitrogens with one attached hydrogen (secondary N) is 1. The van der Waals surface area contributed by atoms with Crippen molar-refractivity contribution in [3.05, 3.63) is 126 Å². The van der Waals surface area contributed by atoms with E-state index in [1.165, 1.54) is 24.1 Å². The quantitative estimate of drug-likeness (QED) is 0.219. The fourth-order valence-corrected chi connectivity index (χ4v) is 6.24. The van der Waals surface area contributed by atoms with Gasteiger partial charge in [0, 0.05) is 19.0 Å². The Kier molecular flexibility index (Phi) is 10.8. The van der Waals surface area contributed by atoms with Crippen molar-refractivity contribution < 1.29 is 22.7 Å². The van der Waals surface area contributed by atoms with Crippen LogP contribution in [0.25, 0.3) is 0 Å². The van der Waals surface area contributed by atoms with Gasteiger partial charge in [-0.3, -0.25) is 13.9 Å². The van der Waals surface area contributed by atoms with Gasteiger partial charge in [-0.2, -0.15) is 0 Å². The largest absolute Gasteiger partial charge is 0.497 e. The second kappa shape index (κ2) is 14.7. The highest BCUT2D eigenvalue weighted by Crippen LogP contribution is 2.26. The highest BCUT2D eigenvalue weighted by Gasteiger charge is 2.34. The molecule has 4 aromatic rings. The lowest BCUT2D eigenvalue weighted by Crippen LogP contribution is -2.54. The molecule has 2 amide bonds. The molecule has 0 fully saturated rings. The van der Waals surface area contributed by atoms with E-state index in [1.807, 2.05) is 81.4 Å². The summed E-state index contributed by atoms with van der Waals surface area (Å²) in [6.07, 6.45) is 0.258. The molecule has 0 aliphatic rings. The Bertz CT molecular complexity index is 1630. The number of anilines is 1. The number of benzene rings is 4. The molecule has 0 spiro atoms. The monoisotopic (exact) mass is 613 g/mol. The first-order valence-electron chi connectivity index (χ1n) is 14.5. The zero-order valence-electron chi connectivity index (χ0n) is 25.5. The van der Waals surface area contributed by atoms with E-state index in [0.717, 1.165) is 21.0 Å². The number of nitrogens with zero attached hydrogens (tertiary/aromatic N) is 2. The van der Waals surface area contributed by atoms with Crippen molar-refractivity contribution >= 4 is 27.5 Å². The van der Waals surface area contributed by atoms with E-state index in [0.29, 0.717) is 11.4 Å². The second-order valence-corrected chi connectivity index (χ2v) is 12.8. The summed E-state index contributed by atoms with van der Waals surface area (Å²) in [7, 11) is -2.68. The maximum absolute atomic E-state index is 14.4. The van der Waals surface area contributed by atoms with Crippen LogP contribution in [0.3, 0.4) is 0 Å². The number of ether oxygens (including phenoxy) is 1. The number of aryl methyl sites for hydroxylation is 1. The molecule has 0 bridgehead atoms. The molecule has 4 aromatic carbocycles. The van der Waals surface area contributed by atoms with Crippen LogP contribution in [0.2, 0.25) is 0 Å². The summed E-state index contributed by atoms with van der Waals surface area (Å²) in [6, 6.07) is 30.8. The van der Waals surface area contributed by atoms with Crippen LogP contribution >= 0.6 is 0 Å². The minimum Gasteiger partial charge on any atom is -0.497 e. The van der Waals surface area contributed by atoms with Crippen molar-refractivity contribution in [1.29, 1.82) is 0 Å². The first-order valence-corrected chi connectivity index (χ1v) is 15.9. The molecule has 0 aliphatic heterocycles. The minimum atomic E-state index is -4.19. The van der Waals surface area contributed by atoms with Crippen LogP contribution < -0.4 is 14.4 Å². The molecule has 9 heteroatoms. The number of carbonyl (C=O) groups excluding carboxylic acids is 2. The van der Waals surface area contributed by atoms with Gasteiger partial charge in [-0.05, 0) is 68.3 Å². The van der Waals surface area contributed by atoms with Crippen LogP contribution in [0, 0.1) is 6.92 Å². The molecular formula is C35H39N3O5S. The van der Waals surface area contributed by atoms with Gasteiger partial charge in [0.2, 0.25) is 11.8 Å². The molecule has 44 heavy (non-hydrogen) atoms. The number of hydrogen-bond acceptors (Lipinski definition) is 5. The van der Waals surface area contributed by atoms with E-state index in [1.54, 1.807) is 36.4 Å². The molecule has 0 saturated carbocycles. The smallest absolute Gasteiger partial charge is 0.264 e. The van der Waals surface area contributed by atoms with E-state index >= 15 is 0 Å². The van der Waals surface area contributed by atoms with E-state index in [2.05, 4.69) is 5.32 Å². The van der Waals surface area contributed by atoms with Crippen molar-refractivity contribution in [3.63, 3.8) is 0 Å². The van der Waals surface area contributed by atoms with Gasteiger partial charge in [0.1, 0.15) is 18.3 Å². The molecule has 230 valence electrons. The molecule has 0 radical (unpaired) electrons. The lowest BCUT2D eigenvalue weighted by molar-refractivity contribution is -0.140. The average Bonchev–Trinajstić information content (AvgIpc) is 3.02. The van der Waals surface area contributed by atoms with Crippen molar-refractivity contribution in [1.82, 2.24) is 10.2 Å². The molecule has 0 aliphatic carbocycles.